The fourth-order valence-electron chi connectivity index (χ4n) is 3.41. The third kappa shape index (κ3) is 3.69. The second kappa shape index (κ2) is 5.85. The van der Waals surface area contributed by atoms with Gasteiger partial charge >= 0.3 is 12.1 Å². The molecule has 2 rings (SSSR count). The fourth-order valence-corrected chi connectivity index (χ4v) is 3.41. The normalized spacial score (nSPS) is 28.4. The summed E-state index contributed by atoms with van der Waals surface area (Å²) in [6, 6.07) is 0. The van der Waals surface area contributed by atoms with Crippen LogP contribution < -0.4 is 0 Å². The Hall–Kier alpha value is -1.26. The number of hydrogen-bond acceptors (Lipinski definition) is 4. The van der Waals surface area contributed by atoms with E-state index in [9.17, 15) is 9.59 Å². The zero-order valence-electron chi connectivity index (χ0n) is 13.6. The van der Waals surface area contributed by atoms with E-state index in [4.69, 9.17) is 9.47 Å². The van der Waals surface area contributed by atoms with Crippen LogP contribution in [-0.2, 0) is 14.3 Å². The van der Waals surface area contributed by atoms with Crippen molar-refractivity contribution in [3.05, 3.63) is 0 Å². The molecule has 0 aromatic heterocycles. The molecule has 5 heteroatoms. The van der Waals surface area contributed by atoms with Crippen molar-refractivity contribution in [3.63, 3.8) is 0 Å². The lowest BCUT2D eigenvalue weighted by atomic mass is 9.58. The molecule has 2 aliphatic rings. The van der Waals surface area contributed by atoms with Crippen molar-refractivity contribution in [1.82, 2.24) is 4.90 Å². The lowest BCUT2D eigenvalue weighted by molar-refractivity contribution is -0.147. The predicted molar refractivity (Wildman–Crippen MR) is 78.8 cm³/mol. The number of carbonyl (C=O) groups excluding carboxylic acids is 2. The lowest BCUT2D eigenvalue weighted by Gasteiger charge is -2.46. The Morgan fingerprint density at radius 3 is 2.52 bits per heavy atom. The summed E-state index contributed by atoms with van der Waals surface area (Å²) in [7, 11) is 0. The first-order valence-corrected chi connectivity index (χ1v) is 7.89. The summed E-state index contributed by atoms with van der Waals surface area (Å²) in [5, 5.41) is 0. The second-order valence-electron chi connectivity index (χ2n) is 7.26. The molecule has 1 unspecified atom stereocenters. The van der Waals surface area contributed by atoms with Crippen LogP contribution in [0.3, 0.4) is 0 Å². The van der Waals surface area contributed by atoms with Gasteiger partial charge in [-0.05, 0) is 58.3 Å². The minimum Gasteiger partial charge on any atom is -0.466 e. The third-order valence-electron chi connectivity index (χ3n) is 4.61. The number of esters is 1. The Bertz CT molecular complexity index is 415. The Morgan fingerprint density at radius 2 is 2.00 bits per heavy atom. The number of ether oxygens (including phenoxy) is 2. The van der Waals surface area contributed by atoms with Gasteiger partial charge in [0.15, 0.2) is 0 Å². The van der Waals surface area contributed by atoms with Gasteiger partial charge in [-0.3, -0.25) is 4.79 Å². The van der Waals surface area contributed by atoms with Crippen LogP contribution in [0.15, 0.2) is 0 Å². The SMILES string of the molecule is CCOC(=O)CC1CC[C@@]12CCN(C(=O)OC(C)(C)C)C2. The Morgan fingerprint density at radius 1 is 1.29 bits per heavy atom. The minimum absolute atomic E-state index is 0.114. The minimum atomic E-state index is -0.462. The highest BCUT2D eigenvalue weighted by atomic mass is 16.6. The average Bonchev–Trinajstić information content (AvgIpc) is 2.80. The average molecular weight is 297 g/mol. The van der Waals surface area contributed by atoms with E-state index in [1.165, 1.54) is 0 Å². The fraction of sp³-hybridized carbons (Fsp3) is 0.875. The van der Waals surface area contributed by atoms with Crippen LogP contribution in [0.5, 0.6) is 0 Å². The van der Waals surface area contributed by atoms with E-state index < -0.39 is 5.60 Å². The van der Waals surface area contributed by atoms with Gasteiger partial charge in [-0.15, -0.1) is 0 Å². The summed E-state index contributed by atoms with van der Waals surface area (Å²) in [6.07, 6.45) is 3.37. The van der Waals surface area contributed by atoms with E-state index in [1.807, 2.05) is 27.7 Å². The molecule has 0 N–H and O–H groups in total. The van der Waals surface area contributed by atoms with E-state index in [0.717, 1.165) is 25.8 Å². The molecule has 2 fully saturated rings. The zero-order chi connectivity index (χ0) is 15.7. The lowest BCUT2D eigenvalue weighted by Crippen LogP contribution is -2.45. The van der Waals surface area contributed by atoms with Gasteiger partial charge in [0.05, 0.1) is 6.61 Å². The summed E-state index contributed by atoms with van der Waals surface area (Å²) < 4.78 is 10.5. The predicted octanol–water partition coefficient (Wildman–Crippen LogP) is 2.98. The van der Waals surface area contributed by atoms with Crippen molar-refractivity contribution in [2.45, 2.75) is 59.0 Å². The monoisotopic (exact) mass is 297 g/mol. The topological polar surface area (TPSA) is 55.8 Å². The molecule has 1 heterocycles. The summed E-state index contributed by atoms with van der Waals surface area (Å²) in [4.78, 5) is 25.6. The van der Waals surface area contributed by atoms with E-state index >= 15 is 0 Å². The van der Waals surface area contributed by atoms with Gasteiger partial charge in [0.2, 0.25) is 0 Å². The first kappa shape index (κ1) is 16.1. The van der Waals surface area contributed by atoms with Crippen LogP contribution in [-0.4, -0.2) is 42.3 Å². The molecule has 1 amide bonds. The van der Waals surface area contributed by atoms with Crippen molar-refractivity contribution in [2.75, 3.05) is 19.7 Å². The standard InChI is InChI=1S/C16H27NO4/c1-5-20-13(18)10-12-6-7-16(12)8-9-17(11-16)14(19)21-15(2,3)4/h12H,5-11H2,1-4H3/t12?,16-/m0/s1. The molecule has 0 bridgehead atoms. The molecule has 21 heavy (non-hydrogen) atoms. The quantitative estimate of drug-likeness (QED) is 0.751. The Labute approximate surface area is 127 Å². The molecule has 1 aliphatic carbocycles. The van der Waals surface area contributed by atoms with E-state index in [2.05, 4.69) is 0 Å². The number of rotatable bonds is 3. The maximum absolute atomic E-state index is 12.1. The Kier molecular flexibility index (Phi) is 4.49. The first-order chi connectivity index (χ1) is 9.76. The van der Waals surface area contributed by atoms with Crippen LogP contribution in [0.2, 0.25) is 0 Å². The number of likely N-dealkylation sites (tertiary alicyclic amines) is 1. The molecule has 0 aromatic rings. The van der Waals surface area contributed by atoms with Gasteiger partial charge in [0, 0.05) is 19.5 Å². The molecule has 0 radical (unpaired) electrons. The van der Waals surface area contributed by atoms with Crippen LogP contribution in [0, 0.1) is 11.3 Å². The van der Waals surface area contributed by atoms with Crippen molar-refractivity contribution in [1.29, 1.82) is 0 Å². The van der Waals surface area contributed by atoms with Crippen molar-refractivity contribution in [2.24, 2.45) is 11.3 Å². The Balaban J connectivity index is 1.89. The highest BCUT2D eigenvalue weighted by Crippen LogP contribution is 2.54. The molecule has 120 valence electrons. The molecule has 1 spiro atoms. The molecular formula is C16H27NO4. The molecule has 1 saturated carbocycles. The molecule has 1 aliphatic heterocycles. The van der Waals surface area contributed by atoms with Gasteiger partial charge < -0.3 is 14.4 Å². The smallest absolute Gasteiger partial charge is 0.410 e. The summed E-state index contributed by atoms with van der Waals surface area (Å²) >= 11 is 0. The summed E-state index contributed by atoms with van der Waals surface area (Å²) in [5.41, 5.74) is -0.347. The van der Waals surface area contributed by atoms with Crippen LogP contribution in [0.4, 0.5) is 4.79 Å². The third-order valence-corrected chi connectivity index (χ3v) is 4.61. The largest absolute Gasteiger partial charge is 0.466 e. The van der Waals surface area contributed by atoms with Gasteiger partial charge in [-0.25, -0.2) is 4.79 Å². The highest BCUT2D eigenvalue weighted by Gasteiger charge is 2.52. The van der Waals surface area contributed by atoms with Gasteiger partial charge in [-0.1, -0.05) is 0 Å². The van der Waals surface area contributed by atoms with Gasteiger partial charge in [-0.2, -0.15) is 0 Å². The van der Waals surface area contributed by atoms with Gasteiger partial charge in [0.1, 0.15) is 5.60 Å². The molecule has 1 saturated heterocycles. The van der Waals surface area contributed by atoms with Crippen LogP contribution in [0.1, 0.15) is 53.4 Å². The van der Waals surface area contributed by atoms with E-state index in [1.54, 1.807) is 4.90 Å². The van der Waals surface area contributed by atoms with Crippen LogP contribution >= 0.6 is 0 Å². The van der Waals surface area contributed by atoms with Crippen molar-refractivity contribution in [3.8, 4) is 0 Å². The van der Waals surface area contributed by atoms with E-state index in [-0.39, 0.29) is 17.5 Å². The second-order valence-corrected chi connectivity index (χ2v) is 7.26. The highest BCUT2D eigenvalue weighted by molar-refractivity contribution is 5.70. The first-order valence-electron chi connectivity index (χ1n) is 7.89. The van der Waals surface area contributed by atoms with Crippen molar-refractivity contribution < 1.29 is 19.1 Å². The summed E-state index contributed by atoms with van der Waals surface area (Å²) in [5.74, 6) is 0.237. The zero-order valence-corrected chi connectivity index (χ0v) is 13.6. The number of nitrogens with zero attached hydrogens (tertiary/aromatic N) is 1. The van der Waals surface area contributed by atoms with Crippen LogP contribution in [0.25, 0.3) is 0 Å². The maximum Gasteiger partial charge on any atom is 0.410 e. The molecule has 0 aromatic carbocycles. The molecular weight excluding hydrogens is 270 g/mol. The van der Waals surface area contributed by atoms with Gasteiger partial charge in [0.25, 0.3) is 0 Å². The number of hydrogen-bond donors (Lipinski definition) is 0. The number of amides is 1. The summed E-state index contributed by atoms with van der Waals surface area (Å²) in [6.45, 7) is 9.34. The maximum atomic E-state index is 12.1. The number of carbonyl (C=O) groups is 2. The molecule has 2 atom stereocenters. The van der Waals surface area contributed by atoms with Crippen molar-refractivity contribution >= 4 is 12.1 Å². The molecule has 5 nitrogen and oxygen atoms in total. The van der Waals surface area contributed by atoms with E-state index in [0.29, 0.717) is 25.5 Å².